The van der Waals surface area contributed by atoms with Gasteiger partial charge in [-0.3, -0.25) is 9.59 Å². The molecule has 2 N–H and O–H groups in total. The van der Waals surface area contributed by atoms with Crippen molar-refractivity contribution in [3.63, 3.8) is 0 Å². The molecule has 2 aromatic rings. The third kappa shape index (κ3) is 3.12. The second kappa shape index (κ2) is 5.40. The van der Waals surface area contributed by atoms with Crippen LogP contribution in [0.25, 0.3) is 0 Å². The average molecular weight is 321 g/mol. The van der Waals surface area contributed by atoms with E-state index < -0.39 is 0 Å². The molecule has 0 saturated carbocycles. The molecule has 4 nitrogen and oxygen atoms in total. The molecule has 2 rings (SSSR count). The summed E-state index contributed by atoms with van der Waals surface area (Å²) in [7, 11) is 0. The molecule has 0 saturated heterocycles. The first-order chi connectivity index (χ1) is 8.97. The summed E-state index contributed by atoms with van der Waals surface area (Å²) in [4.78, 5) is 25.9. The predicted octanol–water partition coefficient (Wildman–Crippen LogP) is 3.54. The zero-order chi connectivity index (χ0) is 14.0. The Balaban J connectivity index is 2.15. The molecule has 1 aromatic carbocycles. The Labute approximate surface area is 119 Å². The maximum Gasteiger partial charge on any atom is 0.272 e. The number of benzene rings is 1. The van der Waals surface area contributed by atoms with Crippen LogP contribution in [-0.4, -0.2) is 16.7 Å². The second-order valence-electron chi connectivity index (χ2n) is 4.26. The number of carbonyl (C=O) groups is 2. The lowest BCUT2D eigenvalue weighted by molar-refractivity contribution is 0.101. The number of rotatable bonds is 3. The maximum atomic E-state index is 12.0. The van der Waals surface area contributed by atoms with E-state index in [1.54, 1.807) is 12.1 Å². The van der Waals surface area contributed by atoms with Crippen LogP contribution < -0.4 is 5.32 Å². The summed E-state index contributed by atoms with van der Waals surface area (Å²) in [6.45, 7) is 3.40. The number of ketones is 1. The van der Waals surface area contributed by atoms with Crippen LogP contribution in [0.3, 0.4) is 0 Å². The van der Waals surface area contributed by atoms with Gasteiger partial charge >= 0.3 is 0 Å². The molecular weight excluding hydrogens is 308 g/mol. The van der Waals surface area contributed by atoms with E-state index in [1.807, 2.05) is 25.1 Å². The van der Waals surface area contributed by atoms with Gasteiger partial charge in [-0.25, -0.2) is 0 Å². The van der Waals surface area contributed by atoms with Gasteiger partial charge in [-0.05, 0) is 42.8 Å². The van der Waals surface area contributed by atoms with E-state index in [-0.39, 0.29) is 11.7 Å². The molecule has 1 aromatic heterocycles. The number of aromatic nitrogens is 1. The quantitative estimate of drug-likeness (QED) is 0.850. The molecule has 0 aliphatic heterocycles. The third-order valence-corrected chi connectivity index (χ3v) is 3.62. The van der Waals surface area contributed by atoms with E-state index in [2.05, 4.69) is 26.2 Å². The van der Waals surface area contributed by atoms with Gasteiger partial charge in [0.1, 0.15) is 5.69 Å². The van der Waals surface area contributed by atoms with E-state index in [9.17, 15) is 9.59 Å². The first kappa shape index (κ1) is 13.5. The largest absolute Gasteiger partial charge is 0.348 e. The zero-order valence-electron chi connectivity index (χ0n) is 10.6. The summed E-state index contributed by atoms with van der Waals surface area (Å²) >= 11 is 3.40. The lowest BCUT2D eigenvalue weighted by Gasteiger charge is -2.06. The molecule has 0 unspecified atom stereocenters. The molecule has 0 aliphatic carbocycles. The van der Waals surface area contributed by atoms with Gasteiger partial charge in [0.15, 0.2) is 5.78 Å². The van der Waals surface area contributed by atoms with Crippen molar-refractivity contribution in [1.29, 1.82) is 0 Å². The van der Waals surface area contributed by atoms with E-state index in [0.717, 1.165) is 10.0 Å². The van der Waals surface area contributed by atoms with Crippen LogP contribution in [0, 0.1) is 6.92 Å². The number of Topliss-reactive ketones (excluding diaryl/α,β-unsaturated/α-hetero) is 1. The predicted molar refractivity (Wildman–Crippen MR) is 77.6 cm³/mol. The SMILES string of the molecule is CC(=O)c1ccc(C(=O)Nc2ccc(Br)c(C)c2)[nH]1. The summed E-state index contributed by atoms with van der Waals surface area (Å²) in [6.07, 6.45) is 0. The Morgan fingerprint density at radius 1 is 1.16 bits per heavy atom. The molecule has 0 bridgehead atoms. The standard InChI is InChI=1S/C14H13BrN2O2/c1-8-7-10(3-4-11(8)15)16-14(19)13-6-5-12(17-13)9(2)18/h3-7,17H,1-2H3,(H,16,19). The van der Waals surface area contributed by atoms with Gasteiger partial charge in [0, 0.05) is 17.1 Å². The van der Waals surface area contributed by atoms with Gasteiger partial charge in [0.25, 0.3) is 5.91 Å². The highest BCUT2D eigenvalue weighted by atomic mass is 79.9. The molecule has 1 heterocycles. The molecule has 98 valence electrons. The van der Waals surface area contributed by atoms with E-state index in [1.165, 1.54) is 6.92 Å². The molecule has 19 heavy (non-hydrogen) atoms. The molecule has 5 heteroatoms. The topological polar surface area (TPSA) is 62.0 Å². The summed E-state index contributed by atoms with van der Waals surface area (Å²) < 4.78 is 0.990. The number of nitrogens with one attached hydrogen (secondary N) is 2. The molecule has 0 spiro atoms. The number of H-pyrrole nitrogens is 1. The van der Waals surface area contributed by atoms with Crippen LogP contribution in [0.2, 0.25) is 0 Å². The maximum absolute atomic E-state index is 12.0. The van der Waals surface area contributed by atoms with E-state index in [0.29, 0.717) is 17.1 Å². The summed E-state index contributed by atoms with van der Waals surface area (Å²) in [5.41, 5.74) is 2.54. The van der Waals surface area contributed by atoms with Crippen LogP contribution >= 0.6 is 15.9 Å². The smallest absolute Gasteiger partial charge is 0.272 e. The minimum atomic E-state index is -0.269. The van der Waals surface area contributed by atoms with Gasteiger partial charge in [0.05, 0.1) is 5.69 Å². The van der Waals surface area contributed by atoms with Crippen molar-refractivity contribution < 1.29 is 9.59 Å². The lowest BCUT2D eigenvalue weighted by atomic mass is 10.2. The van der Waals surface area contributed by atoms with Gasteiger partial charge in [-0.15, -0.1) is 0 Å². The molecular formula is C14H13BrN2O2. The first-order valence-corrected chi connectivity index (χ1v) is 6.54. The summed E-state index contributed by atoms with van der Waals surface area (Å²) in [5, 5.41) is 2.78. The number of amides is 1. The van der Waals surface area contributed by atoms with Crippen LogP contribution in [-0.2, 0) is 0 Å². The Morgan fingerprint density at radius 3 is 2.42 bits per heavy atom. The number of carbonyl (C=O) groups excluding carboxylic acids is 2. The van der Waals surface area contributed by atoms with Gasteiger partial charge < -0.3 is 10.3 Å². The monoisotopic (exact) mass is 320 g/mol. The number of hydrogen-bond acceptors (Lipinski definition) is 2. The normalized spacial score (nSPS) is 10.3. The van der Waals surface area contributed by atoms with Crippen molar-refractivity contribution in [2.45, 2.75) is 13.8 Å². The average Bonchev–Trinajstić information content (AvgIpc) is 2.83. The van der Waals surface area contributed by atoms with Gasteiger partial charge in [0.2, 0.25) is 0 Å². The molecule has 0 radical (unpaired) electrons. The van der Waals surface area contributed by atoms with Crippen molar-refractivity contribution in [3.05, 3.63) is 51.8 Å². The zero-order valence-corrected chi connectivity index (χ0v) is 12.2. The second-order valence-corrected chi connectivity index (χ2v) is 5.11. The van der Waals surface area contributed by atoms with E-state index in [4.69, 9.17) is 0 Å². The third-order valence-electron chi connectivity index (χ3n) is 2.73. The number of halogens is 1. The summed E-state index contributed by atoms with van der Waals surface area (Å²) in [5.74, 6) is -0.368. The van der Waals surface area contributed by atoms with E-state index >= 15 is 0 Å². The highest BCUT2D eigenvalue weighted by molar-refractivity contribution is 9.10. The Morgan fingerprint density at radius 2 is 1.84 bits per heavy atom. The molecule has 0 aliphatic rings. The number of anilines is 1. The van der Waals surface area contributed by atoms with Crippen LogP contribution in [0.4, 0.5) is 5.69 Å². The lowest BCUT2D eigenvalue weighted by Crippen LogP contribution is -2.12. The minimum absolute atomic E-state index is 0.0986. The fourth-order valence-corrected chi connectivity index (χ4v) is 1.90. The highest BCUT2D eigenvalue weighted by Gasteiger charge is 2.10. The minimum Gasteiger partial charge on any atom is -0.348 e. The van der Waals surface area contributed by atoms with Crippen molar-refractivity contribution in [3.8, 4) is 0 Å². The van der Waals surface area contributed by atoms with Gasteiger partial charge in [-0.2, -0.15) is 0 Å². The number of aromatic amines is 1. The molecule has 1 amide bonds. The Bertz CT molecular complexity index is 647. The van der Waals surface area contributed by atoms with Crippen molar-refractivity contribution >= 4 is 33.3 Å². The number of hydrogen-bond donors (Lipinski definition) is 2. The first-order valence-electron chi connectivity index (χ1n) is 5.75. The Hall–Kier alpha value is -1.88. The van der Waals surface area contributed by atoms with Crippen LogP contribution in [0.1, 0.15) is 33.5 Å². The molecule has 0 fully saturated rings. The van der Waals surface area contributed by atoms with Crippen LogP contribution in [0.15, 0.2) is 34.8 Å². The highest BCUT2D eigenvalue weighted by Crippen LogP contribution is 2.20. The van der Waals surface area contributed by atoms with Crippen molar-refractivity contribution in [1.82, 2.24) is 4.98 Å². The number of aryl methyl sites for hydroxylation is 1. The fourth-order valence-electron chi connectivity index (χ4n) is 1.65. The fraction of sp³-hybridized carbons (Fsp3) is 0.143. The van der Waals surface area contributed by atoms with Crippen molar-refractivity contribution in [2.75, 3.05) is 5.32 Å². The van der Waals surface area contributed by atoms with Crippen molar-refractivity contribution in [2.24, 2.45) is 0 Å². The molecule has 0 atom stereocenters. The Kier molecular flexibility index (Phi) is 3.85. The van der Waals surface area contributed by atoms with Gasteiger partial charge in [-0.1, -0.05) is 15.9 Å². The summed E-state index contributed by atoms with van der Waals surface area (Å²) in [6, 6.07) is 8.75. The van der Waals surface area contributed by atoms with Crippen LogP contribution in [0.5, 0.6) is 0 Å².